The van der Waals surface area contributed by atoms with Crippen LogP contribution in [0.5, 0.6) is 0 Å². The van der Waals surface area contributed by atoms with Crippen LogP contribution in [0.4, 0.5) is 45.8 Å². The number of benzene rings is 4. The highest BCUT2D eigenvalue weighted by atomic mass is 15.2. The summed E-state index contributed by atoms with van der Waals surface area (Å²) in [5.74, 6) is 1.65. The number of aromatic nitrogens is 4. The van der Waals surface area contributed by atoms with Gasteiger partial charge in [0.15, 0.2) is 0 Å². The summed E-state index contributed by atoms with van der Waals surface area (Å²) in [6, 6.07) is 48.2. The van der Waals surface area contributed by atoms with Gasteiger partial charge in [0.2, 0.25) is 6.33 Å². The van der Waals surface area contributed by atoms with Gasteiger partial charge in [-0.3, -0.25) is 0 Å². The number of anilines is 4. The van der Waals surface area contributed by atoms with Crippen molar-refractivity contribution in [3.05, 3.63) is 177 Å². The molecule has 0 aliphatic rings. The fraction of sp³-hybridized carbons (Fsp3) is 0.140. The van der Waals surface area contributed by atoms with Gasteiger partial charge in [-0.2, -0.15) is 0 Å². The normalized spacial score (nSPS) is 11.3. The first kappa shape index (κ1) is 34.6. The summed E-state index contributed by atoms with van der Waals surface area (Å²) in [5.41, 5.74) is 5.73. The van der Waals surface area contributed by atoms with Gasteiger partial charge in [0.25, 0.3) is 0 Å². The second-order valence-corrected chi connectivity index (χ2v) is 12.6. The third-order valence-electron chi connectivity index (χ3n) is 8.61. The second kappa shape index (κ2) is 17.9. The van der Waals surface area contributed by atoms with E-state index in [-0.39, 0.29) is 0 Å². The largest absolute Gasteiger partial charge is 0.356 e. The van der Waals surface area contributed by atoms with Crippen LogP contribution in [0.2, 0.25) is 0 Å². The van der Waals surface area contributed by atoms with E-state index in [2.05, 4.69) is 80.5 Å². The summed E-state index contributed by atoms with van der Waals surface area (Å²) >= 11 is 0. The van der Waals surface area contributed by atoms with Crippen molar-refractivity contribution in [3.8, 4) is 0 Å². The first-order valence-electron chi connectivity index (χ1n) is 17.9. The molecule has 10 heteroatoms. The zero-order valence-electron chi connectivity index (χ0n) is 29.6. The van der Waals surface area contributed by atoms with Crippen molar-refractivity contribution < 1.29 is 13.7 Å². The molecule has 0 radical (unpaired) electrons. The Kier molecular flexibility index (Phi) is 11.7. The number of imidazole rings is 1. The third-order valence-corrected chi connectivity index (χ3v) is 8.61. The predicted molar refractivity (Wildman–Crippen MR) is 208 cm³/mol. The molecule has 0 spiro atoms. The minimum atomic E-state index is 0.806. The molecule has 0 unspecified atom stereocenters. The summed E-state index contributed by atoms with van der Waals surface area (Å²) in [4.78, 5) is 0. The standard InChI is InChI=1S/C43H41N10/c1-3-13-36(14-4-1)44-38-19-23-40(24-20-38)46-48-42-17-7-9-29-52(42)31-11-27-50-33-34-51(35-50)28-12-32-53-30-10-8-18-43(53)49-47-41-25-21-39(22-26-41)45-37-15-5-2-6-16-37/h1-10,13-26,29-30,33-35H,11-12,27-28,31-32H2/q+1/p+2. The highest BCUT2D eigenvalue weighted by Gasteiger charge is 2.12. The molecule has 2 N–H and O–H groups in total. The number of pyridine rings is 2. The Morgan fingerprint density at radius 3 is 1.43 bits per heavy atom. The number of azo groups is 2. The van der Waals surface area contributed by atoms with Gasteiger partial charge in [-0.1, -0.05) is 48.5 Å². The summed E-state index contributed by atoms with van der Waals surface area (Å²) in [5, 5.41) is 24.9. The van der Waals surface area contributed by atoms with E-state index in [4.69, 9.17) is 0 Å². The fourth-order valence-electron chi connectivity index (χ4n) is 5.86. The van der Waals surface area contributed by atoms with Gasteiger partial charge < -0.3 is 10.6 Å². The van der Waals surface area contributed by atoms with Crippen LogP contribution in [0.25, 0.3) is 0 Å². The Bertz CT molecular complexity index is 2070. The molecule has 0 aliphatic heterocycles. The van der Waals surface area contributed by atoms with Crippen molar-refractivity contribution in [3.63, 3.8) is 0 Å². The van der Waals surface area contributed by atoms with E-state index < -0.39 is 0 Å². The lowest BCUT2D eigenvalue weighted by molar-refractivity contribution is -0.721. The van der Waals surface area contributed by atoms with E-state index in [1.54, 1.807) is 0 Å². The Balaban J connectivity index is 0.863. The van der Waals surface area contributed by atoms with Crippen LogP contribution in [0.15, 0.2) is 197 Å². The smallest absolute Gasteiger partial charge is 0.350 e. The van der Waals surface area contributed by atoms with Gasteiger partial charge in [0.1, 0.15) is 23.8 Å². The number of rotatable bonds is 16. The van der Waals surface area contributed by atoms with Gasteiger partial charge in [-0.25, -0.2) is 18.3 Å². The Labute approximate surface area is 310 Å². The number of nitrogens with zero attached hydrogens (tertiary/aromatic N) is 8. The van der Waals surface area contributed by atoms with E-state index in [1.165, 1.54) is 0 Å². The Morgan fingerprint density at radius 1 is 0.434 bits per heavy atom. The van der Waals surface area contributed by atoms with Crippen molar-refractivity contribution in [2.75, 3.05) is 10.6 Å². The Hall–Kier alpha value is -6.81. The molecular formula is C43H43N10+3. The quantitative estimate of drug-likeness (QED) is 0.0777. The van der Waals surface area contributed by atoms with Crippen LogP contribution >= 0.6 is 0 Å². The number of nitrogens with one attached hydrogen (secondary N) is 2. The van der Waals surface area contributed by atoms with E-state index in [0.717, 1.165) is 84.8 Å². The zero-order chi connectivity index (χ0) is 35.9. The summed E-state index contributed by atoms with van der Waals surface area (Å²) in [7, 11) is 0. The minimum Gasteiger partial charge on any atom is -0.356 e. The van der Waals surface area contributed by atoms with Gasteiger partial charge in [-0.15, -0.1) is 0 Å². The molecule has 0 saturated heterocycles. The molecule has 0 saturated carbocycles. The maximum Gasteiger partial charge on any atom is 0.350 e. The van der Waals surface area contributed by atoms with Crippen molar-refractivity contribution in [1.29, 1.82) is 0 Å². The molecular weight excluding hydrogens is 657 g/mol. The van der Waals surface area contributed by atoms with Crippen LogP contribution in [-0.4, -0.2) is 4.57 Å². The van der Waals surface area contributed by atoms with Crippen molar-refractivity contribution in [2.45, 2.75) is 39.0 Å². The highest BCUT2D eigenvalue weighted by molar-refractivity contribution is 5.62. The van der Waals surface area contributed by atoms with E-state index >= 15 is 0 Å². The molecule has 0 amide bonds. The van der Waals surface area contributed by atoms with Crippen LogP contribution in [0.3, 0.4) is 0 Å². The van der Waals surface area contributed by atoms with Crippen LogP contribution in [0.1, 0.15) is 12.8 Å². The molecule has 7 aromatic rings. The van der Waals surface area contributed by atoms with Gasteiger partial charge in [-0.05, 0) is 95.2 Å². The molecule has 262 valence electrons. The first-order valence-corrected chi connectivity index (χ1v) is 17.9. The third kappa shape index (κ3) is 10.4. The molecule has 0 bridgehead atoms. The monoisotopic (exact) mass is 699 g/mol. The molecule has 0 atom stereocenters. The summed E-state index contributed by atoms with van der Waals surface area (Å²) in [6.07, 6.45) is 12.5. The number of aryl methyl sites for hydroxylation is 4. The van der Waals surface area contributed by atoms with Crippen LogP contribution < -0.4 is 24.3 Å². The maximum absolute atomic E-state index is 4.57. The summed E-state index contributed by atoms with van der Waals surface area (Å²) in [6.45, 7) is 3.49. The maximum atomic E-state index is 4.57. The van der Waals surface area contributed by atoms with Crippen molar-refractivity contribution in [2.24, 2.45) is 20.5 Å². The highest BCUT2D eigenvalue weighted by Crippen LogP contribution is 2.23. The lowest BCUT2D eigenvalue weighted by Gasteiger charge is -2.05. The molecule has 10 nitrogen and oxygen atoms in total. The zero-order valence-corrected chi connectivity index (χ0v) is 29.6. The van der Waals surface area contributed by atoms with Crippen LogP contribution in [0, 0.1) is 0 Å². The second-order valence-electron chi connectivity index (χ2n) is 12.6. The van der Waals surface area contributed by atoms with Crippen molar-refractivity contribution in [1.82, 2.24) is 4.57 Å². The van der Waals surface area contributed by atoms with E-state index in [9.17, 15) is 0 Å². The summed E-state index contributed by atoms with van der Waals surface area (Å²) < 4.78 is 8.78. The number of hydrogen-bond acceptors (Lipinski definition) is 6. The molecule has 0 fully saturated rings. The van der Waals surface area contributed by atoms with Crippen molar-refractivity contribution >= 4 is 45.8 Å². The topological polar surface area (TPSA) is 90.1 Å². The molecule has 3 heterocycles. The van der Waals surface area contributed by atoms with Gasteiger partial charge in [0, 0.05) is 47.7 Å². The minimum absolute atomic E-state index is 0.806. The van der Waals surface area contributed by atoms with Gasteiger partial charge >= 0.3 is 11.6 Å². The van der Waals surface area contributed by atoms with Gasteiger partial charge in [0.05, 0.1) is 48.8 Å². The molecule has 0 aliphatic carbocycles. The molecule has 4 aromatic carbocycles. The lowest BCUT2D eigenvalue weighted by atomic mass is 10.2. The molecule has 7 rings (SSSR count). The first-order chi connectivity index (χ1) is 26.2. The average Bonchev–Trinajstić information content (AvgIpc) is 3.66. The lowest BCUT2D eigenvalue weighted by Crippen LogP contribution is -2.38. The number of para-hydroxylation sites is 2. The number of hydrogen-bond donors (Lipinski definition) is 2. The average molecular weight is 700 g/mol. The predicted octanol–water partition coefficient (Wildman–Crippen LogP) is 9.85. The molecule has 3 aromatic heterocycles. The van der Waals surface area contributed by atoms with E-state index in [1.807, 2.05) is 146 Å². The fourth-order valence-corrected chi connectivity index (χ4v) is 5.86. The van der Waals surface area contributed by atoms with Crippen LogP contribution in [-0.2, 0) is 26.2 Å². The Morgan fingerprint density at radius 2 is 0.906 bits per heavy atom. The van der Waals surface area contributed by atoms with E-state index in [0.29, 0.717) is 0 Å². The molecule has 53 heavy (non-hydrogen) atoms. The SMILES string of the molecule is c1ccc(Nc2ccc(/N=N/c3cccc[n+]3CCCn3cc[n+](CCC[n+]4ccccc4/N=N/c4ccc(Nc5ccccc5)cc4)c3)cc2)cc1.